The predicted molar refractivity (Wildman–Crippen MR) is 107 cm³/mol. The number of aromatic amines is 1. The second-order valence-electron chi connectivity index (χ2n) is 6.34. The average Bonchev–Trinajstić information content (AvgIpc) is 3.15. The maximum atomic E-state index is 13.3. The lowest BCUT2D eigenvalue weighted by Crippen LogP contribution is -2.50. The quantitative estimate of drug-likeness (QED) is 0.577. The predicted octanol–water partition coefficient (Wildman–Crippen LogP) is 2.90. The normalized spacial score (nSPS) is 14.6. The first-order valence-electron chi connectivity index (χ1n) is 8.49. The number of rotatable bonds is 2. The van der Waals surface area contributed by atoms with E-state index in [1.54, 1.807) is 28.3 Å². The van der Waals surface area contributed by atoms with E-state index in [1.165, 1.54) is 18.2 Å². The molecule has 138 valence electrons. The molecule has 4 rings (SSSR count). The summed E-state index contributed by atoms with van der Waals surface area (Å²) in [6.07, 6.45) is 1.60. The molecule has 6 nitrogen and oxygen atoms in total. The van der Waals surface area contributed by atoms with Gasteiger partial charge in [0.25, 0.3) is 11.8 Å². The molecule has 2 aromatic carbocycles. The molecular weight excluding hydrogens is 462 g/mol. The Hall–Kier alpha value is -2.49. The molecule has 0 aliphatic carbocycles. The van der Waals surface area contributed by atoms with Gasteiger partial charge in [-0.2, -0.15) is 0 Å². The number of nitrogens with zero attached hydrogens (tertiary/aromatic N) is 3. The number of carbonyl (C=O) groups excluding carboxylic acids is 2. The van der Waals surface area contributed by atoms with Crippen LogP contribution in [0, 0.1) is 9.39 Å². The molecular formula is C19H16FIN4O2. The summed E-state index contributed by atoms with van der Waals surface area (Å²) in [5.41, 5.74) is 2.72. The number of hydrogen-bond donors (Lipinski definition) is 1. The van der Waals surface area contributed by atoms with Crippen LogP contribution in [0.25, 0.3) is 11.0 Å². The summed E-state index contributed by atoms with van der Waals surface area (Å²) in [6, 6.07) is 9.53. The molecule has 1 aliphatic heterocycles. The SMILES string of the molecule is O=C(c1ccc2nc[nH]c2c1)N1CCN(C(=O)c2ccc(F)cc2I)CC1. The van der Waals surface area contributed by atoms with E-state index in [2.05, 4.69) is 9.97 Å². The molecule has 27 heavy (non-hydrogen) atoms. The van der Waals surface area contributed by atoms with Crippen molar-refractivity contribution in [2.45, 2.75) is 0 Å². The van der Waals surface area contributed by atoms with Gasteiger partial charge >= 0.3 is 0 Å². The molecule has 1 fully saturated rings. The van der Waals surface area contributed by atoms with Gasteiger partial charge in [-0.15, -0.1) is 0 Å². The summed E-state index contributed by atoms with van der Waals surface area (Å²) in [5, 5.41) is 0. The highest BCUT2D eigenvalue weighted by molar-refractivity contribution is 14.1. The third kappa shape index (κ3) is 3.53. The van der Waals surface area contributed by atoms with Gasteiger partial charge in [0.1, 0.15) is 5.82 Å². The van der Waals surface area contributed by atoms with Gasteiger partial charge in [0.2, 0.25) is 0 Å². The van der Waals surface area contributed by atoms with Gasteiger partial charge in [-0.25, -0.2) is 9.37 Å². The van der Waals surface area contributed by atoms with E-state index >= 15 is 0 Å². The molecule has 0 bridgehead atoms. The molecule has 0 unspecified atom stereocenters. The van der Waals surface area contributed by atoms with Crippen molar-refractivity contribution in [1.29, 1.82) is 0 Å². The summed E-state index contributed by atoms with van der Waals surface area (Å²) in [6.45, 7) is 1.82. The fourth-order valence-corrected chi connectivity index (χ4v) is 3.91. The Morgan fingerprint density at radius 2 is 1.70 bits per heavy atom. The highest BCUT2D eigenvalue weighted by Gasteiger charge is 2.26. The molecule has 1 aliphatic rings. The Kier molecular flexibility index (Phi) is 4.81. The lowest BCUT2D eigenvalue weighted by molar-refractivity contribution is 0.0535. The Balaban J connectivity index is 1.43. The molecule has 2 amide bonds. The fourth-order valence-electron chi connectivity index (χ4n) is 3.20. The zero-order chi connectivity index (χ0) is 19.0. The van der Waals surface area contributed by atoms with Crippen LogP contribution in [0.5, 0.6) is 0 Å². The number of fused-ring (bicyclic) bond motifs is 1. The van der Waals surface area contributed by atoms with Gasteiger partial charge in [0.15, 0.2) is 0 Å². The molecule has 2 heterocycles. The van der Waals surface area contributed by atoms with Crippen molar-refractivity contribution in [3.63, 3.8) is 0 Å². The first-order valence-corrected chi connectivity index (χ1v) is 9.57. The van der Waals surface area contributed by atoms with Crippen LogP contribution in [0.15, 0.2) is 42.7 Å². The van der Waals surface area contributed by atoms with Gasteiger partial charge in [-0.3, -0.25) is 9.59 Å². The highest BCUT2D eigenvalue weighted by atomic mass is 127. The van der Waals surface area contributed by atoms with Crippen LogP contribution >= 0.6 is 22.6 Å². The van der Waals surface area contributed by atoms with E-state index in [0.29, 0.717) is 40.9 Å². The lowest BCUT2D eigenvalue weighted by atomic mass is 10.1. The van der Waals surface area contributed by atoms with Crippen LogP contribution in [0.4, 0.5) is 4.39 Å². The molecule has 0 atom stereocenters. The maximum Gasteiger partial charge on any atom is 0.255 e. The van der Waals surface area contributed by atoms with Gasteiger partial charge in [-0.05, 0) is 59.0 Å². The van der Waals surface area contributed by atoms with E-state index in [9.17, 15) is 14.0 Å². The third-order valence-electron chi connectivity index (χ3n) is 4.68. The van der Waals surface area contributed by atoms with Crippen LogP contribution in [0.1, 0.15) is 20.7 Å². The van der Waals surface area contributed by atoms with Crippen molar-refractivity contribution < 1.29 is 14.0 Å². The molecule has 0 saturated carbocycles. The first-order chi connectivity index (χ1) is 13.0. The summed E-state index contributed by atoms with van der Waals surface area (Å²) in [4.78, 5) is 36.0. The summed E-state index contributed by atoms with van der Waals surface area (Å²) < 4.78 is 13.8. The minimum absolute atomic E-state index is 0.0602. The van der Waals surface area contributed by atoms with Gasteiger partial charge in [-0.1, -0.05) is 0 Å². The Labute approximate surface area is 168 Å². The number of aromatic nitrogens is 2. The van der Waals surface area contributed by atoms with E-state index in [0.717, 1.165) is 11.0 Å². The van der Waals surface area contributed by atoms with E-state index < -0.39 is 0 Å². The number of carbonyl (C=O) groups is 2. The lowest BCUT2D eigenvalue weighted by Gasteiger charge is -2.35. The van der Waals surface area contributed by atoms with Crippen molar-refractivity contribution in [3.8, 4) is 0 Å². The number of benzene rings is 2. The van der Waals surface area contributed by atoms with Crippen molar-refractivity contribution >= 4 is 45.4 Å². The number of amides is 2. The average molecular weight is 478 g/mol. The molecule has 3 aromatic rings. The number of hydrogen-bond acceptors (Lipinski definition) is 3. The van der Waals surface area contributed by atoms with Crippen LogP contribution in [-0.2, 0) is 0 Å². The second kappa shape index (κ2) is 7.26. The molecule has 0 radical (unpaired) electrons. The minimum Gasteiger partial charge on any atom is -0.345 e. The van der Waals surface area contributed by atoms with Gasteiger partial charge < -0.3 is 14.8 Å². The topological polar surface area (TPSA) is 69.3 Å². The minimum atomic E-state index is -0.361. The largest absolute Gasteiger partial charge is 0.345 e. The monoisotopic (exact) mass is 478 g/mol. The van der Waals surface area contributed by atoms with Crippen molar-refractivity contribution in [2.75, 3.05) is 26.2 Å². The first kappa shape index (κ1) is 17.9. The summed E-state index contributed by atoms with van der Waals surface area (Å²) in [5.74, 6) is -0.555. The van der Waals surface area contributed by atoms with Crippen molar-refractivity contribution in [1.82, 2.24) is 19.8 Å². The van der Waals surface area contributed by atoms with Crippen LogP contribution in [0.3, 0.4) is 0 Å². The molecule has 1 N–H and O–H groups in total. The third-order valence-corrected chi connectivity index (χ3v) is 5.58. The second-order valence-corrected chi connectivity index (χ2v) is 7.51. The van der Waals surface area contributed by atoms with E-state index in [-0.39, 0.29) is 17.6 Å². The smallest absolute Gasteiger partial charge is 0.255 e. The van der Waals surface area contributed by atoms with E-state index in [4.69, 9.17) is 0 Å². The van der Waals surface area contributed by atoms with Crippen LogP contribution in [-0.4, -0.2) is 57.8 Å². The Bertz CT molecular complexity index is 1030. The number of imidazole rings is 1. The number of nitrogens with one attached hydrogen (secondary N) is 1. The number of H-pyrrole nitrogens is 1. The summed E-state index contributed by atoms with van der Waals surface area (Å²) >= 11 is 1.97. The molecule has 1 aromatic heterocycles. The Morgan fingerprint density at radius 3 is 2.41 bits per heavy atom. The summed E-state index contributed by atoms with van der Waals surface area (Å²) in [7, 11) is 0. The molecule has 1 saturated heterocycles. The van der Waals surface area contributed by atoms with Crippen LogP contribution in [0.2, 0.25) is 0 Å². The van der Waals surface area contributed by atoms with Crippen molar-refractivity contribution in [2.24, 2.45) is 0 Å². The fraction of sp³-hybridized carbons (Fsp3) is 0.211. The number of piperazine rings is 1. The van der Waals surface area contributed by atoms with Gasteiger partial charge in [0.05, 0.1) is 22.9 Å². The van der Waals surface area contributed by atoms with Crippen molar-refractivity contribution in [3.05, 3.63) is 63.2 Å². The Morgan fingerprint density at radius 1 is 1.00 bits per heavy atom. The standard InChI is InChI=1S/C19H16FIN4O2/c20-13-2-3-14(15(21)10-13)19(27)25-7-5-24(6-8-25)18(26)12-1-4-16-17(9-12)23-11-22-16/h1-4,9-11H,5-8H2,(H,22,23). The van der Waals surface area contributed by atoms with Crippen LogP contribution < -0.4 is 0 Å². The van der Waals surface area contributed by atoms with Gasteiger partial charge in [0, 0.05) is 35.3 Å². The molecule has 0 spiro atoms. The zero-order valence-corrected chi connectivity index (χ0v) is 16.4. The zero-order valence-electron chi connectivity index (χ0n) is 14.3. The maximum absolute atomic E-state index is 13.3. The number of halogens is 2. The molecule has 8 heteroatoms. The highest BCUT2D eigenvalue weighted by Crippen LogP contribution is 2.19. The van der Waals surface area contributed by atoms with E-state index in [1.807, 2.05) is 28.7 Å².